The summed E-state index contributed by atoms with van der Waals surface area (Å²) in [4.78, 5) is 2.43. The van der Waals surface area contributed by atoms with Crippen LogP contribution in [0.3, 0.4) is 0 Å². The normalized spacial score (nSPS) is 14.1. The van der Waals surface area contributed by atoms with Crippen molar-refractivity contribution in [1.82, 2.24) is 0 Å². The summed E-state index contributed by atoms with van der Waals surface area (Å²) in [5, 5.41) is 2.24. The predicted molar refractivity (Wildman–Crippen MR) is 249 cm³/mol. The Labute approximate surface area is 350 Å². The number of fused-ring (bicyclic) bond motifs is 9. The SMILES string of the molecule is CC1(C)c2ccc(N(c3ccc4c(c3)-c3ccccc3C4(c3ccccc3)c3ccccc3)c3ccc4c(c3)oc3ccccc34)cc2-c2c(-c3ccccc3)cccc21. The highest BCUT2D eigenvalue weighted by Gasteiger charge is 2.46. The van der Waals surface area contributed by atoms with E-state index in [-0.39, 0.29) is 5.41 Å². The van der Waals surface area contributed by atoms with E-state index in [4.69, 9.17) is 4.42 Å². The molecule has 0 fully saturated rings. The molecule has 10 aromatic rings. The Bertz CT molecular complexity index is 3250. The molecule has 0 radical (unpaired) electrons. The second kappa shape index (κ2) is 13.0. The van der Waals surface area contributed by atoms with Gasteiger partial charge in [-0.3, -0.25) is 0 Å². The third-order valence-electron chi connectivity index (χ3n) is 13.3. The van der Waals surface area contributed by atoms with Crippen LogP contribution in [0.5, 0.6) is 0 Å². The van der Waals surface area contributed by atoms with Crippen LogP contribution in [0.4, 0.5) is 17.1 Å². The monoisotopic (exact) mass is 767 g/mol. The van der Waals surface area contributed by atoms with Crippen LogP contribution in [0.15, 0.2) is 217 Å². The number of hydrogen-bond acceptors (Lipinski definition) is 2. The lowest BCUT2D eigenvalue weighted by Crippen LogP contribution is -2.28. The predicted octanol–water partition coefficient (Wildman–Crippen LogP) is 15.4. The molecule has 60 heavy (non-hydrogen) atoms. The number of anilines is 3. The van der Waals surface area contributed by atoms with E-state index in [1.165, 1.54) is 66.8 Å². The van der Waals surface area contributed by atoms with E-state index in [1.54, 1.807) is 0 Å². The van der Waals surface area contributed by atoms with Crippen LogP contribution in [0.2, 0.25) is 0 Å². The van der Waals surface area contributed by atoms with Gasteiger partial charge < -0.3 is 9.32 Å². The lowest BCUT2D eigenvalue weighted by molar-refractivity contribution is 0.660. The second-order valence-corrected chi connectivity index (χ2v) is 16.8. The van der Waals surface area contributed by atoms with Crippen molar-refractivity contribution in [3.8, 4) is 33.4 Å². The third-order valence-corrected chi connectivity index (χ3v) is 13.3. The minimum Gasteiger partial charge on any atom is -0.456 e. The molecule has 0 spiro atoms. The standard InChI is InChI=1S/C58H41NO/c1-57(2)50-33-30-42(36-49(50)56-44(25-16-27-53(56)57)38-17-6-3-7-18-38)59(43-29-32-47-46-24-13-15-28-54(46)60-55(47)37-43)41-31-34-52-48(35-41)45-23-12-14-26-51(45)58(52,39-19-8-4-9-20-39)40-21-10-5-11-22-40/h3-37H,1-2H3. The average Bonchev–Trinajstić information content (AvgIpc) is 3.90. The Morgan fingerprint density at radius 1 is 0.367 bits per heavy atom. The topological polar surface area (TPSA) is 16.4 Å². The first-order valence-corrected chi connectivity index (χ1v) is 20.9. The van der Waals surface area contributed by atoms with Crippen molar-refractivity contribution in [2.45, 2.75) is 24.7 Å². The van der Waals surface area contributed by atoms with E-state index < -0.39 is 5.41 Å². The van der Waals surface area contributed by atoms with Crippen molar-refractivity contribution in [1.29, 1.82) is 0 Å². The maximum absolute atomic E-state index is 6.55. The second-order valence-electron chi connectivity index (χ2n) is 16.8. The highest BCUT2D eigenvalue weighted by atomic mass is 16.3. The van der Waals surface area contributed by atoms with Crippen LogP contribution in [0, 0.1) is 0 Å². The first kappa shape index (κ1) is 34.6. The molecule has 2 heteroatoms. The molecule has 2 nitrogen and oxygen atoms in total. The van der Waals surface area contributed by atoms with Crippen molar-refractivity contribution in [3.05, 3.63) is 246 Å². The zero-order valence-corrected chi connectivity index (χ0v) is 33.6. The van der Waals surface area contributed by atoms with Crippen molar-refractivity contribution in [3.63, 3.8) is 0 Å². The van der Waals surface area contributed by atoms with Gasteiger partial charge in [-0.25, -0.2) is 0 Å². The fraction of sp³-hybridized carbons (Fsp3) is 0.0690. The summed E-state index contributed by atoms with van der Waals surface area (Å²) in [5.41, 5.74) is 19.8. The Morgan fingerprint density at radius 2 is 0.900 bits per heavy atom. The van der Waals surface area contributed by atoms with Gasteiger partial charge in [-0.2, -0.15) is 0 Å². The molecule has 0 aliphatic heterocycles. The summed E-state index contributed by atoms with van der Waals surface area (Å²) in [6, 6.07) is 78.0. The Hall–Kier alpha value is -7.42. The zero-order chi connectivity index (χ0) is 40.0. The van der Waals surface area contributed by atoms with E-state index >= 15 is 0 Å². The van der Waals surface area contributed by atoms with E-state index in [1.807, 2.05) is 6.07 Å². The van der Waals surface area contributed by atoms with Crippen molar-refractivity contribution in [2.75, 3.05) is 4.90 Å². The highest BCUT2D eigenvalue weighted by Crippen LogP contribution is 2.58. The summed E-state index contributed by atoms with van der Waals surface area (Å²) < 4.78 is 6.55. The summed E-state index contributed by atoms with van der Waals surface area (Å²) >= 11 is 0. The summed E-state index contributed by atoms with van der Waals surface area (Å²) in [6.07, 6.45) is 0. The molecule has 12 rings (SSSR count). The maximum Gasteiger partial charge on any atom is 0.137 e. The van der Waals surface area contributed by atoms with Crippen LogP contribution in [-0.2, 0) is 10.8 Å². The lowest BCUT2D eigenvalue weighted by Gasteiger charge is -2.34. The summed E-state index contributed by atoms with van der Waals surface area (Å²) in [5.74, 6) is 0. The molecule has 0 saturated heterocycles. The summed E-state index contributed by atoms with van der Waals surface area (Å²) in [7, 11) is 0. The molecular formula is C58H41NO. The van der Waals surface area contributed by atoms with Crippen LogP contribution in [-0.4, -0.2) is 0 Å². The van der Waals surface area contributed by atoms with Gasteiger partial charge in [-0.05, 0) is 109 Å². The van der Waals surface area contributed by atoms with Gasteiger partial charge in [0, 0.05) is 39.3 Å². The number of hydrogen-bond donors (Lipinski definition) is 0. The average molecular weight is 768 g/mol. The first-order chi connectivity index (χ1) is 29.5. The van der Waals surface area contributed by atoms with Gasteiger partial charge in [-0.1, -0.05) is 178 Å². The third kappa shape index (κ3) is 4.88. The van der Waals surface area contributed by atoms with E-state index in [9.17, 15) is 0 Å². The van der Waals surface area contributed by atoms with Crippen molar-refractivity contribution < 1.29 is 4.42 Å². The van der Waals surface area contributed by atoms with Gasteiger partial charge in [0.2, 0.25) is 0 Å². The van der Waals surface area contributed by atoms with Gasteiger partial charge in [0.25, 0.3) is 0 Å². The van der Waals surface area contributed by atoms with E-state index in [2.05, 4.69) is 225 Å². The number of furan rings is 1. The van der Waals surface area contributed by atoms with Crippen molar-refractivity contribution >= 4 is 39.0 Å². The number of benzene rings is 9. The minimum absolute atomic E-state index is 0.151. The van der Waals surface area contributed by atoms with E-state index in [0.29, 0.717) is 0 Å². The van der Waals surface area contributed by atoms with Gasteiger partial charge in [0.15, 0.2) is 0 Å². The Kier molecular flexibility index (Phi) is 7.52. The van der Waals surface area contributed by atoms with Crippen LogP contribution in [0.25, 0.3) is 55.3 Å². The van der Waals surface area contributed by atoms with Crippen LogP contribution in [0.1, 0.15) is 47.2 Å². The fourth-order valence-electron chi connectivity index (χ4n) is 10.7. The molecule has 0 bridgehead atoms. The van der Waals surface area contributed by atoms with Gasteiger partial charge in [0.05, 0.1) is 5.41 Å². The van der Waals surface area contributed by atoms with Crippen molar-refractivity contribution in [2.24, 2.45) is 0 Å². The van der Waals surface area contributed by atoms with E-state index in [0.717, 1.165) is 39.0 Å². The van der Waals surface area contributed by atoms with Crippen LogP contribution < -0.4 is 4.90 Å². The minimum atomic E-state index is -0.471. The molecule has 0 atom stereocenters. The van der Waals surface area contributed by atoms with Gasteiger partial charge in [0.1, 0.15) is 11.2 Å². The molecule has 0 saturated carbocycles. The Morgan fingerprint density at radius 3 is 1.65 bits per heavy atom. The Balaban J connectivity index is 1.11. The van der Waals surface area contributed by atoms with Crippen LogP contribution >= 0.6 is 0 Å². The maximum atomic E-state index is 6.55. The number of para-hydroxylation sites is 1. The molecule has 1 aromatic heterocycles. The highest BCUT2D eigenvalue weighted by molar-refractivity contribution is 6.06. The lowest BCUT2D eigenvalue weighted by atomic mass is 9.68. The molecule has 9 aromatic carbocycles. The van der Waals surface area contributed by atoms with Gasteiger partial charge >= 0.3 is 0 Å². The molecule has 0 amide bonds. The fourth-order valence-corrected chi connectivity index (χ4v) is 10.7. The molecule has 2 aliphatic carbocycles. The van der Waals surface area contributed by atoms with Gasteiger partial charge in [-0.15, -0.1) is 0 Å². The summed E-state index contributed by atoms with van der Waals surface area (Å²) in [6.45, 7) is 4.73. The molecule has 0 N–H and O–H groups in total. The number of rotatable bonds is 6. The molecule has 1 heterocycles. The first-order valence-electron chi connectivity index (χ1n) is 20.9. The molecule has 284 valence electrons. The smallest absolute Gasteiger partial charge is 0.137 e. The molecular weight excluding hydrogens is 727 g/mol. The molecule has 2 aliphatic rings. The number of nitrogens with zero attached hydrogens (tertiary/aromatic N) is 1. The molecule has 0 unspecified atom stereocenters. The zero-order valence-electron chi connectivity index (χ0n) is 33.6. The quantitative estimate of drug-likeness (QED) is 0.168. The largest absolute Gasteiger partial charge is 0.456 e.